The van der Waals surface area contributed by atoms with Crippen LogP contribution >= 0.6 is 31.9 Å². The monoisotopic (exact) mass is 544 g/mol. The van der Waals surface area contributed by atoms with Gasteiger partial charge in [-0.25, -0.2) is 0 Å². The number of carbonyl (C=O) groups is 1. The normalized spacial score (nSPS) is 10.8. The highest BCUT2D eigenvalue weighted by Crippen LogP contribution is 2.35. The van der Waals surface area contributed by atoms with Gasteiger partial charge in [0.05, 0.1) is 10.6 Å². The van der Waals surface area contributed by atoms with Crippen molar-refractivity contribution < 1.29 is 18.9 Å². The molecule has 0 aliphatic heterocycles. The summed E-state index contributed by atoms with van der Waals surface area (Å²) < 4.78 is 12.2. The molecule has 0 radical (unpaired) electrons. The van der Waals surface area contributed by atoms with Crippen molar-refractivity contribution in [2.24, 2.45) is 0 Å². The average molecular weight is 546 g/mol. The molecule has 1 N–H and O–H groups in total. The first kappa shape index (κ1) is 21.1. The standard InChI is InChI=1S/C22H14Br2N2O5/c23-17-10-14(26(28)29)11-18(24)21(17)25-22(27)20-9-8-15(31-20)12-30-19-7-3-5-13-4-1-2-6-16(13)19/h1-11H,12H2,(H,25,27). The number of halogens is 2. The van der Waals surface area contributed by atoms with Crippen LogP contribution in [0, 0.1) is 10.1 Å². The fourth-order valence-electron chi connectivity index (χ4n) is 3.01. The van der Waals surface area contributed by atoms with Gasteiger partial charge in [-0.1, -0.05) is 36.4 Å². The second-order valence-electron chi connectivity index (χ2n) is 6.53. The SMILES string of the molecule is O=C(Nc1c(Br)cc([N+](=O)[O-])cc1Br)c1ccc(COc2cccc3ccccc23)o1. The highest BCUT2D eigenvalue weighted by Gasteiger charge is 2.18. The van der Waals surface area contributed by atoms with Crippen LogP contribution in [0.2, 0.25) is 0 Å². The second-order valence-corrected chi connectivity index (χ2v) is 8.24. The van der Waals surface area contributed by atoms with Crippen LogP contribution in [0.15, 0.2) is 80.1 Å². The van der Waals surface area contributed by atoms with Gasteiger partial charge in [-0.3, -0.25) is 14.9 Å². The van der Waals surface area contributed by atoms with Crippen molar-refractivity contribution in [3.05, 3.63) is 97.3 Å². The number of nitro groups is 1. The number of non-ortho nitro benzene ring substituents is 1. The maximum absolute atomic E-state index is 12.6. The predicted molar refractivity (Wildman–Crippen MR) is 123 cm³/mol. The molecule has 1 heterocycles. The number of hydrogen-bond acceptors (Lipinski definition) is 5. The molecular formula is C22H14Br2N2O5. The number of benzene rings is 3. The molecule has 0 saturated carbocycles. The molecule has 0 fully saturated rings. The molecule has 1 amide bonds. The van der Waals surface area contributed by atoms with Crippen LogP contribution < -0.4 is 10.1 Å². The number of fused-ring (bicyclic) bond motifs is 1. The summed E-state index contributed by atoms with van der Waals surface area (Å²) in [5.41, 5.74) is 0.253. The molecule has 7 nitrogen and oxygen atoms in total. The first-order valence-corrected chi connectivity index (χ1v) is 10.6. The smallest absolute Gasteiger partial charge is 0.291 e. The third-order valence-corrected chi connectivity index (χ3v) is 5.73. The van der Waals surface area contributed by atoms with Crippen LogP contribution in [0.3, 0.4) is 0 Å². The fourth-order valence-corrected chi connectivity index (χ4v) is 4.37. The number of nitrogens with zero attached hydrogens (tertiary/aromatic N) is 1. The van der Waals surface area contributed by atoms with Crippen molar-refractivity contribution in [1.82, 2.24) is 0 Å². The number of nitrogens with one attached hydrogen (secondary N) is 1. The minimum Gasteiger partial charge on any atom is -0.485 e. The average Bonchev–Trinajstić information content (AvgIpc) is 3.23. The molecule has 0 bridgehead atoms. The van der Waals surface area contributed by atoms with Crippen molar-refractivity contribution in [1.29, 1.82) is 0 Å². The molecule has 0 spiro atoms. The summed E-state index contributed by atoms with van der Waals surface area (Å²) in [5, 5.41) is 15.7. The summed E-state index contributed by atoms with van der Waals surface area (Å²) in [5.74, 6) is 0.805. The van der Waals surface area contributed by atoms with Gasteiger partial charge in [0.15, 0.2) is 5.76 Å². The maximum atomic E-state index is 12.6. The van der Waals surface area contributed by atoms with Crippen LogP contribution in [-0.2, 0) is 6.61 Å². The molecule has 0 aliphatic carbocycles. The zero-order chi connectivity index (χ0) is 22.0. The summed E-state index contributed by atoms with van der Waals surface area (Å²) in [4.78, 5) is 23.0. The van der Waals surface area contributed by atoms with Gasteiger partial charge in [-0.15, -0.1) is 0 Å². The fraction of sp³-hybridized carbons (Fsp3) is 0.0455. The highest BCUT2D eigenvalue weighted by molar-refractivity contribution is 9.11. The maximum Gasteiger partial charge on any atom is 0.291 e. The van der Waals surface area contributed by atoms with E-state index in [1.54, 1.807) is 12.1 Å². The largest absolute Gasteiger partial charge is 0.485 e. The lowest BCUT2D eigenvalue weighted by atomic mass is 10.1. The summed E-state index contributed by atoms with van der Waals surface area (Å²) in [6.07, 6.45) is 0. The Hall–Kier alpha value is -3.17. The zero-order valence-corrected chi connectivity index (χ0v) is 19.0. The van der Waals surface area contributed by atoms with Crippen molar-refractivity contribution in [2.45, 2.75) is 6.61 Å². The summed E-state index contributed by atoms with van der Waals surface area (Å²) in [7, 11) is 0. The van der Waals surface area contributed by atoms with Gasteiger partial charge in [-0.2, -0.15) is 0 Å². The molecule has 31 heavy (non-hydrogen) atoms. The van der Waals surface area contributed by atoms with Crippen molar-refractivity contribution >= 4 is 59.9 Å². The number of carbonyl (C=O) groups excluding carboxylic acids is 1. The van der Waals surface area contributed by atoms with Gasteiger partial charge in [-0.05, 0) is 55.4 Å². The molecule has 0 saturated heterocycles. The van der Waals surface area contributed by atoms with Crippen LogP contribution in [0.4, 0.5) is 11.4 Å². The number of anilines is 1. The van der Waals surface area contributed by atoms with E-state index >= 15 is 0 Å². The number of hydrogen-bond donors (Lipinski definition) is 1. The first-order valence-electron chi connectivity index (χ1n) is 9.06. The van der Waals surface area contributed by atoms with E-state index in [2.05, 4.69) is 37.2 Å². The van der Waals surface area contributed by atoms with Crippen LogP contribution in [0.1, 0.15) is 16.3 Å². The van der Waals surface area contributed by atoms with E-state index in [1.807, 2.05) is 42.5 Å². The zero-order valence-electron chi connectivity index (χ0n) is 15.8. The van der Waals surface area contributed by atoms with Gasteiger partial charge >= 0.3 is 0 Å². The highest BCUT2D eigenvalue weighted by atomic mass is 79.9. The van der Waals surface area contributed by atoms with Crippen molar-refractivity contribution in [2.75, 3.05) is 5.32 Å². The Morgan fingerprint density at radius 3 is 2.48 bits per heavy atom. The van der Waals surface area contributed by atoms with E-state index < -0.39 is 10.8 Å². The van der Waals surface area contributed by atoms with Crippen molar-refractivity contribution in [3.63, 3.8) is 0 Å². The van der Waals surface area contributed by atoms with E-state index in [1.165, 1.54) is 12.1 Å². The Balaban J connectivity index is 1.46. The van der Waals surface area contributed by atoms with Gasteiger partial charge < -0.3 is 14.5 Å². The summed E-state index contributed by atoms with van der Waals surface area (Å²) in [6, 6.07) is 19.5. The molecule has 0 atom stereocenters. The van der Waals surface area contributed by atoms with Gasteiger partial charge in [0.1, 0.15) is 18.1 Å². The van der Waals surface area contributed by atoms with Gasteiger partial charge in [0.25, 0.3) is 11.6 Å². The topological polar surface area (TPSA) is 94.6 Å². The van der Waals surface area contributed by atoms with E-state index in [0.29, 0.717) is 20.4 Å². The van der Waals surface area contributed by atoms with Crippen LogP contribution in [-0.4, -0.2) is 10.8 Å². The van der Waals surface area contributed by atoms with Gasteiger partial charge in [0, 0.05) is 26.5 Å². The number of amides is 1. The number of furan rings is 1. The quantitative estimate of drug-likeness (QED) is 0.215. The molecule has 9 heteroatoms. The van der Waals surface area contributed by atoms with Gasteiger partial charge in [0.2, 0.25) is 0 Å². The number of nitro benzene ring substituents is 1. The first-order chi connectivity index (χ1) is 14.9. The minimum atomic E-state index is -0.518. The van der Waals surface area contributed by atoms with E-state index in [-0.39, 0.29) is 18.1 Å². The Bertz CT molecular complexity index is 1270. The Labute approximate surface area is 193 Å². The Morgan fingerprint density at radius 1 is 1.03 bits per heavy atom. The van der Waals surface area contributed by atoms with E-state index in [0.717, 1.165) is 16.5 Å². The molecular weight excluding hydrogens is 532 g/mol. The molecule has 0 aliphatic rings. The Morgan fingerprint density at radius 2 is 1.74 bits per heavy atom. The Kier molecular flexibility index (Phi) is 6.06. The summed E-state index contributed by atoms with van der Waals surface area (Å²) in [6.45, 7) is 0.159. The lowest BCUT2D eigenvalue weighted by Gasteiger charge is -2.09. The predicted octanol–water partition coefficient (Wildman–Crippen LogP) is 6.70. The molecule has 1 aromatic heterocycles. The lowest BCUT2D eigenvalue weighted by Crippen LogP contribution is -2.12. The molecule has 0 unspecified atom stereocenters. The third-order valence-electron chi connectivity index (χ3n) is 4.48. The second kappa shape index (κ2) is 8.91. The van der Waals surface area contributed by atoms with Crippen molar-refractivity contribution in [3.8, 4) is 5.75 Å². The lowest BCUT2D eigenvalue weighted by molar-refractivity contribution is -0.385. The van der Waals surface area contributed by atoms with Crippen LogP contribution in [0.25, 0.3) is 10.8 Å². The molecule has 4 rings (SSSR count). The number of rotatable bonds is 6. The molecule has 3 aromatic carbocycles. The van der Waals surface area contributed by atoms with E-state index in [4.69, 9.17) is 9.15 Å². The summed E-state index contributed by atoms with van der Waals surface area (Å²) >= 11 is 6.49. The minimum absolute atomic E-state index is 0.0914. The van der Waals surface area contributed by atoms with Crippen LogP contribution in [0.5, 0.6) is 5.75 Å². The number of ether oxygens (including phenoxy) is 1. The van der Waals surface area contributed by atoms with E-state index in [9.17, 15) is 14.9 Å². The molecule has 156 valence electrons. The third kappa shape index (κ3) is 4.62. The molecule has 4 aromatic rings.